The van der Waals surface area contributed by atoms with E-state index in [4.69, 9.17) is 9.52 Å². The molecule has 14 heavy (non-hydrogen) atoms. The number of rotatable bonds is 4. The minimum atomic E-state index is 0.194. The van der Waals surface area contributed by atoms with Crippen LogP contribution in [0.15, 0.2) is 10.7 Å². The maximum Gasteiger partial charge on any atom is 0.194 e. The van der Waals surface area contributed by atoms with Crippen molar-refractivity contribution in [3.05, 3.63) is 17.8 Å². The van der Waals surface area contributed by atoms with E-state index < -0.39 is 0 Å². The minimum Gasteiger partial charge on any atom is -0.449 e. The van der Waals surface area contributed by atoms with Crippen LogP contribution in [0.1, 0.15) is 36.9 Å². The van der Waals surface area contributed by atoms with Crippen molar-refractivity contribution in [1.82, 2.24) is 10.3 Å². The van der Waals surface area contributed by atoms with Crippen LogP contribution in [0.4, 0.5) is 0 Å². The summed E-state index contributed by atoms with van der Waals surface area (Å²) in [6.45, 7) is 1.27. The number of hydrogen-bond donors (Lipinski definition) is 2. The van der Waals surface area contributed by atoms with Crippen molar-refractivity contribution in [2.45, 2.75) is 31.7 Å². The Kier molecular flexibility index (Phi) is 3.16. The van der Waals surface area contributed by atoms with Gasteiger partial charge in [0, 0.05) is 13.0 Å². The van der Waals surface area contributed by atoms with Gasteiger partial charge in [-0.1, -0.05) is 0 Å². The quantitative estimate of drug-likeness (QED) is 0.755. The molecule has 0 amide bonds. The Bertz CT molecular complexity index is 279. The van der Waals surface area contributed by atoms with Crippen molar-refractivity contribution < 1.29 is 9.52 Å². The van der Waals surface area contributed by atoms with Crippen molar-refractivity contribution in [2.24, 2.45) is 0 Å². The van der Waals surface area contributed by atoms with Crippen LogP contribution in [0.3, 0.4) is 0 Å². The summed E-state index contributed by atoms with van der Waals surface area (Å²) in [5, 5.41) is 12.0. The molecule has 1 fully saturated rings. The fraction of sp³-hybridized carbons (Fsp3) is 0.700. The lowest BCUT2D eigenvalue weighted by Crippen LogP contribution is -2.13. The Morgan fingerprint density at radius 1 is 1.64 bits per heavy atom. The summed E-state index contributed by atoms with van der Waals surface area (Å²) in [6.07, 6.45) is 5.53. The molecule has 0 aromatic carbocycles. The lowest BCUT2D eigenvalue weighted by Gasteiger charge is -2.03. The van der Waals surface area contributed by atoms with Gasteiger partial charge in [-0.05, 0) is 25.8 Å². The summed E-state index contributed by atoms with van der Waals surface area (Å²) in [6, 6.07) is 0.377. The van der Waals surface area contributed by atoms with E-state index >= 15 is 0 Å². The molecule has 1 aliphatic heterocycles. The van der Waals surface area contributed by atoms with Crippen LogP contribution in [0.25, 0.3) is 0 Å². The molecule has 78 valence electrons. The topological polar surface area (TPSA) is 58.3 Å². The molecule has 1 unspecified atom stereocenters. The van der Waals surface area contributed by atoms with Crippen LogP contribution < -0.4 is 5.32 Å². The Morgan fingerprint density at radius 3 is 3.29 bits per heavy atom. The van der Waals surface area contributed by atoms with Gasteiger partial charge in [0.15, 0.2) is 5.89 Å². The summed E-state index contributed by atoms with van der Waals surface area (Å²) >= 11 is 0. The molecule has 1 atom stereocenters. The number of aromatic nitrogens is 1. The number of hydrogen-bond acceptors (Lipinski definition) is 4. The van der Waals surface area contributed by atoms with E-state index in [0.717, 1.165) is 37.4 Å². The summed E-state index contributed by atoms with van der Waals surface area (Å²) in [7, 11) is 0. The van der Waals surface area contributed by atoms with Crippen molar-refractivity contribution in [1.29, 1.82) is 0 Å². The maximum atomic E-state index is 8.66. The minimum absolute atomic E-state index is 0.194. The van der Waals surface area contributed by atoms with Gasteiger partial charge in [0.25, 0.3) is 0 Å². The molecule has 4 nitrogen and oxygen atoms in total. The van der Waals surface area contributed by atoms with E-state index in [9.17, 15) is 0 Å². The predicted octanol–water partition coefficient (Wildman–Crippen LogP) is 1.02. The first-order valence-electron chi connectivity index (χ1n) is 5.18. The largest absolute Gasteiger partial charge is 0.449 e. The molecular weight excluding hydrogens is 180 g/mol. The van der Waals surface area contributed by atoms with Crippen LogP contribution in [-0.4, -0.2) is 23.2 Å². The average Bonchev–Trinajstić information content (AvgIpc) is 2.85. The normalized spacial score (nSPS) is 21.6. The third kappa shape index (κ3) is 2.13. The lowest BCUT2D eigenvalue weighted by molar-refractivity contribution is 0.283. The SMILES string of the molecule is OCCCc1nc(C2CCCN2)co1. The van der Waals surface area contributed by atoms with Gasteiger partial charge in [-0.3, -0.25) is 0 Å². The Labute approximate surface area is 83.3 Å². The van der Waals surface area contributed by atoms with Crippen LogP contribution in [0, 0.1) is 0 Å². The van der Waals surface area contributed by atoms with Crippen molar-refractivity contribution in [3.8, 4) is 0 Å². The van der Waals surface area contributed by atoms with E-state index in [-0.39, 0.29) is 6.61 Å². The van der Waals surface area contributed by atoms with E-state index in [2.05, 4.69) is 10.3 Å². The summed E-state index contributed by atoms with van der Waals surface area (Å²) in [4.78, 5) is 4.39. The van der Waals surface area contributed by atoms with E-state index in [1.54, 1.807) is 6.26 Å². The predicted molar refractivity (Wildman–Crippen MR) is 51.9 cm³/mol. The fourth-order valence-corrected chi connectivity index (χ4v) is 1.77. The molecule has 0 spiro atoms. The maximum absolute atomic E-state index is 8.66. The number of aliphatic hydroxyl groups is 1. The standard InChI is InChI=1S/C10H16N2O2/c13-6-2-4-10-12-9(7-14-10)8-3-1-5-11-8/h7-8,11,13H,1-6H2. The lowest BCUT2D eigenvalue weighted by atomic mass is 10.2. The van der Waals surface area contributed by atoms with Crippen LogP contribution in [0.5, 0.6) is 0 Å². The molecule has 2 rings (SSSR count). The first-order chi connectivity index (χ1) is 6.90. The molecule has 1 aromatic rings. The Morgan fingerprint density at radius 2 is 2.57 bits per heavy atom. The smallest absolute Gasteiger partial charge is 0.194 e. The zero-order chi connectivity index (χ0) is 9.80. The molecule has 2 N–H and O–H groups in total. The van der Waals surface area contributed by atoms with Gasteiger partial charge in [0.1, 0.15) is 6.26 Å². The monoisotopic (exact) mass is 196 g/mol. The molecule has 0 saturated carbocycles. The highest BCUT2D eigenvalue weighted by Crippen LogP contribution is 2.22. The molecule has 4 heteroatoms. The van der Waals surface area contributed by atoms with Crippen LogP contribution >= 0.6 is 0 Å². The highest BCUT2D eigenvalue weighted by Gasteiger charge is 2.19. The summed E-state index contributed by atoms with van der Waals surface area (Å²) in [5.74, 6) is 0.739. The van der Waals surface area contributed by atoms with Crippen molar-refractivity contribution in [2.75, 3.05) is 13.2 Å². The van der Waals surface area contributed by atoms with Crippen molar-refractivity contribution in [3.63, 3.8) is 0 Å². The van der Waals surface area contributed by atoms with Gasteiger partial charge >= 0.3 is 0 Å². The van der Waals surface area contributed by atoms with Gasteiger partial charge in [-0.15, -0.1) is 0 Å². The van der Waals surface area contributed by atoms with Gasteiger partial charge in [0.2, 0.25) is 0 Å². The number of oxazole rings is 1. The fourth-order valence-electron chi connectivity index (χ4n) is 1.77. The average molecular weight is 196 g/mol. The van der Waals surface area contributed by atoms with E-state index in [1.807, 2.05) is 0 Å². The molecule has 0 aliphatic carbocycles. The third-order valence-electron chi connectivity index (χ3n) is 2.54. The summed E-state index contributed by atoms with van der Waals surface area (Å²) in [5.41, 5.74) is 1.01. The molecular formula is C10H16N2O2. The first kappa shape index (κ1) is 9.68. The second kappa shape index (κ2) is 4.57. The highest BCUT2D eigenvalue weighted by molar-refractivity contribution is 5.05. The van der Waals surface area contributed by atoms with E-state index in [0.29, 0.717) is 6.04 Å². The summed E-state index contributed by atoms with van der Waals surface area (Å²) < 4.78 is 5.32. The number of nitrogens with zero attached hydrogens (tertiary/aromatic N) is 1. The molecule has 2 heterocycles. The number of aliphatic hydroxyl groups excluding tert-OH is 1. The number of aryl methyl sites for hydroxylation is 1. The van der Waals surface area contributed by atoms with Gasteiger partial charge in [-0.25, -0.2) is 4.98 Å². The zero-order valence-electron chi connectivity index (χ0n) is 8.20. The highest BCUT2D eigenvalue weighted by atomic mass is 16.3. The third-order valence-corrected chi connectivity index (χ3v) is 2.54. The van der Waals surface area contributed by atoms with Crippen LogP contribution in [0.2, 0.25) is 0 Å². The molecule has 1 aromatic heterocycles. The molecule has 1 aliphatic rings. The molecule has 0 bridgehead atoms. The van der Waals surface area contributed by atoms with Crippen molar-refractivity contribution >= 4 is 0 Å². The second-order valence-corrected chi connectivity index (χ2v) is 3.64. The van der Waals surface area contributed by atoms with E-state index in [1.165, 1.54) is 6.42 Å². The van der Waals surface area contributed by atoms with Gasteiger partial charge < -0.3 is 14.8 Å². The first-order valence-corrected chi connectivity index (χ1v) is 5.18. The number of nitrogens with one attached hydrogen (secondary N) is 1. The Hall–Kier alpha value is -0.870. The molecule has 0 radical (unpaired) electrons. The van der Waals surface area contributed by atoms with Crippen LogP contribution in [-0.2, 0) is 6.42 Å². The Balaban J connectivity index is 1.94. The van der Waals surface area contributed by atoms with Gasteiger partial charge in [-0.2, -0.15) is 0 Å². The van der Waals surface area contributed by atoms with Gasteiger partial charge in [0.05, 0.1) is 11.7 Å². The second-order valence-electron chi connectivity index (χ2n) is 3.64. The molecule has 1 saturated heterocycles. The zero-order valence-corrected chi connectivity index (χ0v) is 8.20.